The maximum absolute atomic E-state index is 12.6. The summed E-state index contributed by atoms with van der Waals surface area (Å²) in [6.45, 7) is 0.0173. The first kappa shape index (κ1) is 11.6. The Bertz CT molecular complexity index is 327. The van der Waals surface area contributed by atoms with Gasteiger partial charge in [-0.3, -0.25) is 4.79 Å². The molecule has 0 aliphatic heterocycles. The number of carbonyl (C=O) groups excluding carboxylic acids is 1. The molecule has 1 atom stereocenters. The van der Waals surface area contributed by atoms with Gasteiger partial charge in [-0.25, -0.2) is 4.39 Å². The molecule has 0 spiro atoms. The summed E-state index contributed by atoms with van der Waals surface area (Å²) in [4.78, 5) is 10.4. The van der Waals surface area contributed by atoms with Crippen molar-refractivity contribution >= 4 is 5.91 Å². The van der Waals surface area contributed by atoms with Gasteiger partial charge in [0.25, 0.3) is 0 Å². The van der Waals surface area contributed by atoms with Gasteiger partial charge in [-0.05, 0) is 17.7 Å². The minimum absolute atomic E-state index is 0.158. The van der Waals surface area contributed by atoms with E-state index in [2.05, 4.69) is 0 Å². The molecular weight excluding hydrogens is 199 g/mol. The minimum Gasteiger partial charge on any atom is -0.370 e. The van der Waals surface area contributed by atoms with E-state index in [9.17, 15) is 9.18 Å². The maximum Gasteiger partial charge on any atom is 0.243 e. The van der Waals surface area contributed by atoms with Gasteiger partial charge in [0.15, 0.2) is 0 Å². The zero-order valence-electron chi connectivity index (χ0n) is 8.15. The molecule has 0 aliphatic rings. The van der Waals surface area contributed by atoms with Crippen LogP contribution in [0.3, 0.4) is 0 Å². The van der Waals surface area contributed by atoms with Crippen molar-refractivity contribution in [3.05, 3.63) is 35.6 Å². The summed E-state index contributed by atoms with van der Waals surface area (Å²) in [6, 6.07) is 5.42. The van der Waals surface area contributed by atoms with Crippen molar-refractivity contribution in [3.8, 4) is 0 Å². The zero-order chi connectivity index (χ0) is 11.3. The van der Waals surface area contributed by atoms with Crippen LogP contribution in [0, 0.1) is 5.82 Å². The molecule has 0 radical (unpaired) electrons. The van der Waals surface area contributed by atoms with Gasteiger partial charge in [0, 0.05) is 0 Å². The Morgan fingerprint density at radius 1 is 1.40 bits per heavy atom. The fourth-order valence-electron chi connectivity index (χ4n) is 1.09. The first-order valence-electron chi connectivity index (χ1n) is 4.46. The Morgan fingerprint density at radius 3 is 2.53 bits per heavy atom. The van der Waals surface area contributed by atoms with Crippen LogP contribution in [0.1, 0.15) is 11.6 Å². The van der Waals surface area contributed by atoms with Crippen LogP contribution in [0.4, 0.5) is 4.39 Å². The van der Waals surface area contributed by atoms with E-state index in [1.807, 2.05) is 0 Å². The fraction of sp³-hybridized carbons (Fsp3) is 0.300. The highest BCUT2D eigenvalue weighted by Gasteiger charge is 2.06. The fourth-order valence-corrected chi connectivity index (χ4v) is 1.09. The lowest BCUT2D eigenvalue weighted by atomic mass is 10.1. The smallest absolute Gasteiger partial charge is 0.243 e. The number of nitrogens with two attached hydrogens (primary N) is 2. The monoisotopic (exact) mass is 212 g/mol. The molecule has 0 saturated carbocycles. The van der Waals surface area contributed by atoms with Crippen molar-refractivity contribution in [2.45, 2.75) is 6.04 Å². The van der Waals surface area contributed by atoms with Gasteiger partial charge in [0.05, 0.1) is 12.6 Å². The molecule has 1 aromatic carbocycles. The van der Waals surface area contributed by atoms with Gasteiger partial charge in [-0.2, -0.15) is 0 Å². The molecule has 15 heavy (non-hydrogen) atoms. The predicted octanol–water partition coefficient (Wildman–Crippen LogP) is 0.327. The highest BCUT2D eigenvalue weighted by molar-refractivity contribution is 5.74. The Hall–Kier alpha value is -1.46. The standard InChI is InChI=1S/C10H13FN2O2/c11-8-3-1-7(2-4-8)9(12)5-15-6-10(13)14/h1-4,9H,5-6,12H2,(H2,13,14). The Morgan fingerprint density at radius 2 is 2.00 bits per heavy atom. The average molecular weight is 212 g/mol. The quantitative estimate of drug-likeness (QED) is 0.738. The summed E-state index contributed by atoms with van der Waals surface area (Å²) >= 11 is 0. The normalized spacial score (nSPS) is 12.4. The average Bonchev–Trinajstić information content (AvgIpc) is 2.18. The summed E-state index contributed by atoms with van der Waals surface area (Å²) in [5.74, 6) is -0.856. The number of rotatable bonds is 5. The molecule has 0 bridgehead atoms. The molecule has 82 valence electrons. The second-order valence-electron chi connectivity index (χ2n) is 3.14. The van der Waals surface area contributed by atoms with E-state index in [-0.39, 0.29) is 25.1 Å². The number of hydrogen-bond donors (Lipinski definition) is 2. The largest absolute Gasteiger partial charge is 0.370 e. The van der Waals surface area contributed by atoms with Crippen molar-refractivity contribution in [2.75, 3.05) is 13.2 Å². The summed E-state index contributed by atoms with van der Waals surface area (Å²) in [5, 5.41) is 0. The van der Waals surface area contributed by atoms with Gasteiger partial charge in [-0.15, -0.1) is 0 Å². The highest BCUT2D eigenvalue weighted by Crippen LogP contribution is 2.11. The third-order valence-corrected chi connectivity index (χ3v) is 1.84. The van der Waals surface area contributed by atoms with Crippen molar-refractivity contribution in [3.63, 3.8) is 0 Å². The van der Waals surface area contributed by atoms with E-state index >= 15 is 0 Å². The second-order valence-corrected chi connectivity index (χ2v) is 3.14. The van der Waals surface area contributed by atoms with E-state index in [1.54, 1.807) is 12.1 Å². The summed E-state index contributed by atoms with van der Waals surface area (Å²) in [7, 11) is 0. The van der Waals surface area contributed by atoms with Crippen LogP contribution < -0.4 is 11.5 Å². The van der Waals surface area contributed by atoms with Crippen molar-refractivity contribution in [2.24, 2.45) is 11.5 Å². The number of amides is 1. The highest BCUT2D eigenvalue weighted by atomic mass is 19.1. The van der Waals surface area contributed by atoms with Crippen LogP contribution >= 0.6 is 0 Å². The first-order chi connectivity index (χ1) is 7.09. The van der Waals surface area contributed by atoms with Gasteiger partial charge in [0.1, 0.15) is 12.4 Å². The molecule has 1 amide bonds. The SMILES string of the molecule is NC(=O)COCC(N)c1ccc(F)cc1. The van der Waals surface area contributed by atoms with E-state index < -0.39 is 5.91 Å². The van der Waals surface area contributed by atoms with Crippen LogP contribution in [0.2, 0.25) is 0 Å². The molecule has 0 fully saturated rings. The van der Waals surface area contributed by atoms with Gasteiger partial charge >= 0.3 is 0 Å². The predicted molar refractivity (Wildman–Crippen MR) is 53.3 cm³/mol. The Balaban J connectivity index is 2.43. The maximum atomic E-state index is 12.6. The zero-order valence-corrected chi connectivity index (χ0v) is 8.15. The van der Waals surface area contributed by atoms with Crippen molar-refractivity contribution < 1.29 is 13.9 Å². The third-order valence-electron chi connectivity index (χ3n) is 1.84. The van der Waals surface area contributed by atoms with Gasteiger partial charge < -0.3 is 16.2 Å². The lowest BCUT2D eigenvalue weighted by Gasteiger charge is -2.11. The van der Waals surface area contributed by atoms with Gasteiger partial charge in [0.2, 0.25) is 5.91 Å². The van der Waals surface area contributed by atoms with E-state index in [1.165, 1.54) is 12.1 Å². The van der Waals surface area contributed by atoms with Crippen molar-refractivity contribution in [1.29, 1.82) is 0 Å². The first-order valence-corrected chi connectivity index (χ1v) is 4.46. The van der Waals surface area contributed by atoms with Crippen LogP contribution in [0.5, 0.6) is 0 Å². The molecule has 0 saturated heterocycles. The molecule has 0 aliphatic carbocycles. The summed E-state index contributed by atoms with van der Waals surface area (Å²) in [6.07, 6.45) is 0. The molecule has 4 N–H and O–H groups in total. The lowest BCUT2D eigenvalue weighted by molar-refractivity contribution is -0.122. The molecule has 1 rings (SSSR count). The van der Waals surface area contributed by atoms with Crippen LogP contribution in [-0.2, 0) is 9.53 Å². The number of primary amides is 1. The molecule has 1 aromatic rings. The van der Waals surface area contributed by atoms with Crippen molar-refractivity contribution in [1.82, 2.24) is 0 Å². The van der Waals surface area contributed by atoms with E-state index in [0.29, 0.717) is 0 Å². The Kier molecular flexibility index (Phi) is 4.20. The third kappa shape index (κ3) is 4.05. The second kappa shape index (κ2) is 5.43. The number of carbonyl (C=O) groups is 1. The minimum atomic E-state index is -0.540. The lowest BCUT2D eigenvalue weighted by Crippen LogP contribution is -2.23. The summed E-state index contributed by atoms with van der Waals surface area (Å²) in [5.41, 5.74) is 11.4. The molecular formula is C10H13FN2O2. The number of benzene rings is 1. The van der Waals surface area contributed by atoms with E-state index in [4.69, 9.17) is 16.2 Å². The van der Waals surface area contributed by atoms with Crippen LogP contribution in [-0.4, -0.2) is 19.1 Å². The van der Waals surface area contributed by atoms with E-state index in [0.717, 1.165) is 5.56 Å². The Labute approximate surface area is 87.0 Å². The molecule has 0 aromatic heterocycles. The van der Waals surface area contributed by atoms with Crippen LogP contribution in [0.25, 0.3) is 0 Å². The molecule has 1 unspecified atom stereocenters. The molecule has 0 heterocycles. The van der Waals surface area contributed by atoms with Gasteiger partial charge in [-0.1, -0.05) is 12.1 Å². The molecule has 5 heteroatoms. The molecule has 4 nitrogen and oxygen atoms in total. The summed E-state index contributed by atoms with van der Waals surface area (Å²) < 4.78 is 17.5. The number of ether oxygens (including phenoxy) is 1. The van der Waals surface area contributed by atoms with Crippen LogP contribution in [0.15, 0.2) is 24.3 Å². The number of halogens is 1. The topological polar surface area (TPSA) is 78.3 Å². The number of hydrogen-bond acceptors (Lipinski definition) is 3.